The molecule has 5 heteroatoms. The molecule has 1 aliphatic heterocycles. The summed E-state index contributed by atoms with van der Waals surface area (Å²) in [6.45, 7) is 7.41. The molecule has 0 spiro atoms. The van der Waals surface area contributed by atoms with Gasteiger partial charge < -0.3 is 20.6 Å². The van der Waals surface area contributed by atoms with Crippen LogP contribution in [0.5, 0.6) is 0 Å². The first-order chi connectivity index (χ1) is 9.97. The Morgan fingerprint density at radius 2 is 2.00 bits per heavy atom. The van der Waals surface area contributed by atoms with Crippen molar-refractivity contribution >= 4 is 5.91 Å². The van der Waals surface area contributed by atoms with Crippen molar-refractivity contribution in [3.63, 3.8) is 0 Å². The van der Waals surface area contributed by atoms with Gasteiger partial charge in [0, 0.05) is 19.0 Å². The van der Waals surface area contributed by atoms with Gasteiger partial charge in [-0.1, -0.05) is 13.8 Å². The maximum atomic E-state index is 12.6. The Morgan fingerprint density at radius 1 is 1.38 bits per heavy atom. The third-order valence-corrected chi connectivity index (χ3v) is 4.39. The maximum Gasteiger partial charge on any atom is 0.223 e. The molecule has 124 valence electrons. The van der Waals surface area contributed by atoms with Crippen LogP contribution in [0.3, 0.4) is 0 Å². The van der Waals surface area contributed by atoms with E-state index in [1.807, 2.05) is 4.90 Å². The number of hydrogen-bond acceptors (Lipinski definition) is 4. The summed E-state index contributed by atoms with van der Waals surface area (Å²) in [5.41, 5.74) is 5.81. The molecule has 3 N–H and O–H groups in total. The Morgan fingerprint density at radius 3 is 2.48 bits per heavy atom. The van der Waals surface area contributed by atoms with Crippen LogP contribution in [0.1, 0.15) is 39.5 Å². The monoisotopic (exact) mass is 299 g/mol. The van der Waals surface area contributed by atoms with E-state index >= 15 is 0 Å². The molecule has 1 atom stereocenters. The van der Waals surface area contributed by atoms with Crippen LogP contribution in [0.4, 0.5) is 0 Å². The molecule has 21 heavy (non-hydrogen) atoms. The number of carbonyl (C=O) groups excluding carboxylic acids is 1. The number of aliphatic hydroxyl groups excluding tert-OH is 1. The lowest BCUT2D eigenvalue weighted by atomic mass is 9.93. The maximum absolute atomic E-state index is 12.6. The molecular weight excluding hydrogens is 266 g/mol. The number of rotatable bonds is 8. The summed E-state index contributed by atoms with van der Waals surface area (Å²) >= 11 is 0. The summed E-state index contributed by atoms with van der Waals surface area (Å²) in [6.07, 6.45) is 3.50. The van der Waals surface area contributed by atoms with E-state index in [4.69, 9.17) is 5.73 Å². The summed E-state index contributed by atoms with van der Waals surface area (Å²) < 4.78 is 0. The van der Waals surface area contributed by atoms with Crippen molar-refractivity contribution in [2.45, 2.75) is 45.6 Å². The Balaban J connectivity index is 2.59. The average Bonchev–Trinajstić information content (AvgIpc) is 2.44. The largest absolute Gasteiger partial charge is 0.395 e. The zero-order valence-electron chi connectivity index (χ0n) is 13.9. The van der Waals surface area contributed by atoms with E-state index < -0.39 is 0 Å². The molecule has 1 fully saturated rings. The predicted octanol–water partition coefficient (Wildman–Crippen LogP) is 0.913. The lowest BCUT2D eigenvalue weighted by Gasteiger charge is -2.37. The van der Waals surface area contributed by atoms with Gasteiger partial charge in [-0.15, -0.1) is 0 Å². The second kappa shape index (κ2) is 9.38. The molecule has 0 aromatic heterocycles. The second-order valence-corrected chi connectivity index (χ2v) is 6.78. The lowest BCUT2D eigenvalue weighted by molar-refractivity contribution is -0.136. The van der Waals surface area contributed by atoms with Crippen molar-refractivity contribution in [2.24, 2.45) is 17.6 Å². The molecule has 1 saturated heterocycles. The fourth-order valence-corrected chi connectivity index (χ4v) is 3.22. The molecule has 1 amide bonds. The van der Waals surface area contributed by atoms with Gasteiger partial charge in [-0.3, -0.25) is 4.79 Å². The Bertz CT molecular complexity index is 302. The van der Waals surface area contributed by atoms with Crippen LogP contribution in [0, 0.1) is 11.8 Å². The van der Waals surface area contributed by atoms with Gasteiger partial charge in [0.05, 0.1) is 6.61 Å². The van der Waals surface area contributed by atoms with Gasteiger partial charge in [0.15, 0.2) is 0 Å². The smallest absolute Gasteiger partial charge is 0.223 e. The molecule has 0 unspecified atom stereocenters. The van der Waals surface area contributed by atoms with Crippen molar-refractivity contribution < 1.29 is 9.90 Å². The van der Waals surface area contributed by atoms with E-state index in [-0.39, 0.29) is 24.5 Å². The van der Waals surface area contributed by atoms with Gasteiger partial charge in [0.2, 0.25) is 5.91 Å². The summed E-state index contributed by atoms with van der Waals surface area (Å²) in [4.78, 5) is 16.8. The van der Waals surface area contributed by atoms with Gasteiger partial charge in [0.25, 0.3) is 0 Å². The topological polar surface area (TPSA) is 69.8 Å². The molecule has 0 aromatic carbocycles. The van der Waals surface area contributed by atoms with Crippen molar-refractivity contribution in [3.05, 3.63) is 0 Å². The molecule has 0 radical (unpaired) electrons. The van der Waals surface area contributed by atoms with Crippen LogP contribution in [0.15, 0.2) is 0 Å². The molecule has 0 bridgehead atoms. The van der Waals surface area contributed by atoms with Crippen molar-refractivity contribution in [1.29, 1.82) is 0 Å². The zero-order chi connectivity index (χ0) is 15.8. The number of aliphatic hydroxyl groups is 1. The molecule has 1 rings (SSSR count). The van der Waals surface area contributed by atoms with Crippen molar-refractivity contribution in [2.75, 3.05) is 39.8 Å². The summed E-state index contributed by atoms with van der Waals surface area (Å²) in [7, 11) is 2.11. The highest BCUT2D eigenvalue weighted by Crippen LogP contribution is 2.20. The standard InChI is InChI=1S/C16H33N3O2/c1-13(2)10-14(12-17)11-16(21)19(8-9-20)15-4-6-18(3)7-5-15/h13-15,20H,4-12,17H2,1-3H3/t14-/m0/s1. The van der Waals surface area contributed by atoms with Crippen LogP contribution < -0.4 is 5.73 Å². The third kappa shape index (κ3) is 6.32. The molecule has 0 aliphatic carbocycles. The number of amides is 1. The number of piperidine rings is 1. The Hall–Kier alpha value is -0.650. The van der Waals surface area contributed by atoms with Crippen LogP contribution in [0.2, 0.25) is 0 Å². The molecule has 1 aliphatic rings. The predicted molar refractivity (Wildman–Crippen MR) is 85.9 cm³/mol. The first-order valence-corrected chi connectivity index (χ1v) is 8.26. The Labute approximate surface area is 129 Å². The fourth-order valence-electron chi connectivity index (χ4n) is 3.22. The first-order valence-electron chi connectivity index (χ1n) is 8.26. The van der Waals surface area contributed by atoms with Gasteiger partial charge in [-0.25, -0.2) is 0 Å². The normalized spacial score (nSPS) is 19.0. The quantitative estimate of drug-likeness (QED) is 0.699. The van der Waals surface area contributed by atoms with Crippen molar-refractivity contribution in [3.8, 4) is 0 Å². The van der Waals surface area contributed by atoms with E-state index in [2.05, 4.69) is 25.8 Å². The van der Waals surface area contributed by atoms with Gasteiger partial charge >= 0.3 is 0 Å². The highest BCUT2D eigenvalue weighted by Gasteiger charge is 2.27. The number of nitrogens with two attached hydrogens (primary N) is 1. The Kier molecular flexibility index (Phi) is 8.22. The fraction of sp³-hybridized carbons (Fsp3) is 0.938. The minimum atomic E-state index is 0.0373. The molecule has 0 saturated carbocycles. The lowest BCUT2D eigenvalue weighted by Crippen LogP contribution is -2.48. The number of hydrogen-bond donors (Lipinski definition) is 2. The van der Waals surface area contributed by atoms with Gasteiger partial charge in [-0.2, -0.15) is 0 Å². The zero-order valence-corrected chi connectivity index (χ0v) is 13.9. The third-order valence-electron chi connectivity index (χ3n) is 4.39. The van der Waals surface area contributed by atoms with Crippen LogP contribution >= 0.6 is 0 Å². The van der Waals surface area contributed by atoms with Gasteiger partial charge in [-0.05, 0) is 57.8 Å². The summed E-state index contributed by atoms with van der Waals surface area (Å²) in [6, 6.07) is 0.276. The molecule has 5 nitrogen and oxygen atoms in total. The van der Waals surface area contributed by atoms with E-state index in [0.717, 1.165) is 32.4 Å². The summed E-state index contributed by atoms with van der Waals surface area (Å²) in [5.74, 6) is 0.973. The van der Waals surface area contributed by atoms with E-state index in [0.29, 0.717) is 25.4 Å². The SMILES string of the molecule is CC(C)C[C@H](CN)CC(=O)N(CCO)C1CCN(C)CC1. The van der Waals surface area contributed by atoms with E-state index in [1.54, 1.807) is 0 Å². The molecule has 0 aromatic rings. The van der Waals surface area contributed by atoms with Crippen LogP contribution in [-0.4, -0.2) is 66.7 Å². The summed E-state index contributed by atoms with van der Waals surface area (Å²) in [5, 5.41) is 9.28. The minimum absolute atomic E-state index is 0.0373. The van der Waals surface area contributed by atoms with Crippen LogP contribution in [-0.2, 0) is 4.79 Å². The van der Waals surface area contributed by atoms with E-state index in [9.17, 15) is 9.90 Å². The van der Waals surface area contributed by atoms with Crippen molar-refractivity contribution in [1.82, 2.24) is 9.80 Å². The number of nitrogens with zero attached hydrogens (tertiary/aromatic N) is 2. The highest BCUT2D eigenvalue weighted by atomic mass is 16.3. The number of carbonyl (C=O) groups is 1. The van der Waals surface area contributed by atoms with Crippen LogP contribution in [0.25, 0.3) is 0 Å². The molecular formula is C16H33N3O2. The molecule has 1 heterocycles. The average molecular weight is 299 g/mol. The second-order valence-electron chi connectivity index (χ2n) is 6.78. The number of likely N-dealkylation sites (tertiary alicyclic amines) is 1. The first kappa shape index (κ1) is 18.4. The van der Waals surface area contributed by atoms with E-state index in [1.165, 1.54) is 0 Å². The minimum Gasteiger partial charge on any atom is -0.395 e. The highest BCUT2D eigenvalue weighted by molar-refractivity contribution is 5.76. The van der Waals surface area contributed by atoms with Gasteiger partial charge in [0.1, 0.15) is 0 Å².